The highest BCUT2D eigenvalue weighted by atomic mass is 79.9. The summed E-state index contributed by atoms with van der Waals surface area (Å²) in [6.45, 7) is 4.12. The Hall–Kier alpha value is -1.13. The van der Waals surface area contributed by atoms with E-state index in [1.54, 1.807) is 24.3 Å². The molecule has 0 spiro atoms. The fourth-order valence-electron chi connectivity index (χ4n) is 2.81. The zero-order valence-corrected chi connectivity index (χ0v) is 13.0. The topological polar surface area (TPSA) is 34.1 Å². The summed E-state index contributed by atoms with van der Waals surface area (Å²) in [6.07, 6.45) is 0. The molecule has 0 unspecified atom stereocenters. The quantitative estimate of drug-likeness (QED) is 0.730. The molecule has 0 N–H and O–H groups in total. The highest BCUT2D eigenvalue weighted by Crippen LogP contribution is 2.47. The Labute approximate surface area is 121 Å². The zero-order chi connectivity index (χ0) is 13.8. The van der Waals surface area contributed by atoms with Crippen LogP contribution in [-0.4, -0.2) is 8.42 Å². The molecule has 19 heavy (non-hydrogen) atoms. The first-order valence-corrected chi connectivity index (χ1v) is 8.28. The van der Waals surface area contributed by atoms with Crippen molar-refractivity contribution in [2.75, 3.05) is 0 Å². The fraction of sp³-hybridized carbons (Fsp3) is 0.200. The smallest absolute Gasteiger partial charge is 0.207 e. The lowest BCUT2D eigenvalue weighted by atomic mass is 9.78. The molecule has 0 atom stereocenters. The van der Waals surface area contributed by atoms with Crippen LogP contribution in [-0.2, 0) is 15.3 Å². The molecular weight excluding hydrogens is 324 g/mol. The number of hydrogen-bond donors (Lipinski definition) is 0. The number of halogens is 1. The lowest BCUT2D eigenvalue weighted by Crippen LogP contribution is -2.30. The van der Waals surface area contributed by atoms with Gasteiger partial charge in [-0.1, -0.05) is 54.0 Å². The summed E-state index contributed by atoms with van der Waals surface area (Å²) in [5.41, 5.74) is 1.36. The Morgan fingerprint density at radius 2 is 1.58 bits per heavy atom. The molecule has 2 aromatic rings. The van der Waals surface area contributed by atoms with Crippen molar-refractivity contribution in [1.82, 2.24) is 0 Å². The van der Waals surface area contributed by atoms with E-state index in [0.29, 0.717) is 9.79 Å². The first-order valence-electron chi connectivity index (χ1n) is 6.00. The Kier molecular flexibility index (Phi) is 2.67. The monoisotopic (exact) mass is 336 g/mol. The number of benzene rings is 2. The van der Waals surface area contributed by atoms with Crippen molar-refractivity contribution >= 4 is 25.8 Å². The minimum atomic E-state index is -3.42. The highest BCUT2D eigenvalue weighted by molar-refractivity contribution is 9.10. The molecule has 0 amide bonds. The summed E-state index contributed by atoms with van der Waals surface area (Å²) < 4.78 is 26.3. The maximum atomic E-state index is 12.7. The Balaban J connectivity index is 2.52. The standard InChI is InChI=1S/C15H13BrO2S/c1-15(2)10-6-3-4-8-12(10)19(17,18)13-9-5-7-11(16)14(13)15/h3-9H,1-2H3. The van der Waals surface area contributed by atoms with E-state index < -0.39 is 9.84 Å². The van der Waals surface area contributed by atoms with Gasteiger partial charge in [-0.2, -0.15) is 0 Å². The number of sulfone groups is 1. The van der Waals surface area contributed by atoms with Crippen LogP contribution in [0.4, 0.5) is 0 Å². The van der Waals surface area contributed by atoms with Gasteiger partial charge >= 0.3 is 0 Å². The van der Waals surface area contributed by atoms with Gasteiger partial charge in [-0.25, -0.2) is 8.42 Å². The molecular formula is C15H13BrO2S. The van der Waals surface area contributed by atoms with Crippen LogP contribution >= 0.6 is 15.9 Å². The van der Waals surface area contributed by atoms with Crippen LogP contribution in [0.2, 0.25) is 0 Å². The van der Waals surface area contributed by atoms with Gasteiger partial charge in [-0.05, 0) is 29.3 Å². The Morgan fingerprint density at radius 1 is 0.947 bits per heavy atom. The third-order valence-corrected chi connectivity index (χ3v) is 6.25. The van der Waals surface area contributed by atoms with Crippen LogP contribution in [0.3, 0.4) is 0 Å². The van der Waals surface area contributed by atoms with E-state index in [1.807, 2.05) is 18.2 Å². The van der Waals surface area contributed by atoms with Crippen LogP contribution in [0.5, 0.6) is 0 Å². The maximum absolute atomic E-state index is 12.7. The largest absolute Gasteiger partial charge is 0.218 e. The molecule has 1 aliphatic heterocycles. The average Bonchev–Trinajstić information content (AvgIpc) is 2.37. The van der Waals surface area contributed by atoms with E-state index in [4.69, 9.17) is 0 Å². The molecule has 0 aromatic heterocycles. The molecule has 2 nitrogen and oxygen atoms in total. The van der Waals surface area contributed by atoms with E-state index in [2.05, 4.69) is 29.8 Å². The van der Waals surface area contributed by atoms with Crippen LogP contribution in [0.15, 0.2) is 56.7 Å². The van der Waals surface area contributed by atoms with Gasteiger partial charge < -0.3 is 0 Å². The Bertz CT molecular complexity index is 776. The van der Waals surface area contributed by atoms with E-state index >= 15 is 0 Å². The second-order valence-electron chi connectivity index (χ2n) is 5.24. The van der Waals surface area contributed by atoms with Crippen molar-refractivity contribution in [2.45, 2.75) is 29.1 Å². The van der Waals surface area contributed by atoms with E-state index in [0.717, 1.165) is 15.6 Å². The predicted molar refractivity (Wildman–Crippen MR) is 78.2 cm³/mol. The summed E-state index contributed by atoms with van der Waals surface area (Å²) in [6, 6.07) is 12.6. The summed E-state index contributed by atoms with van der Waals surface area (Å²) in [5, 5.41) is 0. The minimum absolute atomic E-state index is 0.336. The lowest BCUT2D eigenvalue weighted by Gasteiger charge is -2.35. The summed E-state index contributed by atoms with van der Waals surface area (Å²) in [5.74, 6) is 0. The second-order valence-corrected chi connectivity index (χ2v) is 7.98. The van der Waals surface area contributed by atoms with E-state index in [9.17, 15) is 8.42 Å². The second kappa shape index (κ2) is 3.93. The van der Waals surface area contributed by atoms with Crippen LogP contribution in [0, 0.1) is 0 Å². The van der Waals surface area contributed by atoms with Crippen LogP contribution in [0.25, 0.3) is 0 Å². The van der Waals surface area contributed by atoms with Crippen molar-refractivity contribution in [1.29, 1.82) is 0 Å². The molecule has 0 bridgehead atoms. The van der Waals surface area contributed by atoms with Crippen molar-refractivity contribution in [3.63, 3.8) is 0 Å². The molecule has 0 radical (unpaired) electrons. The SMILES string of the molecule is CC1(C)c2ccccc2S(=O)(=O)c2cccc(Br)c21. The predicted octanol–water partition coefficient (Wildman–Crippen LogP) is 3.92. The molecule has 4 heteroatoms. The van der Waals surface area contributed by atoms with Crippen molar-refractivity contribution < 1.29 is 8.42 Å². The summed E-state index contributed by atoms with van der Waals surface area (Å²) in [7, 11) is -3.42. The van der Waals surface area contributed by atoms with Gasteiger partial charge in [0.05, 0.1) is 9.79 Å². The number of fused-ring (bicyclic) bond motifs is 2. The van der Waals surface area contributed by atoms with Gasteiger partial charge in [0.15, 0.2) is 0 Å². The maximum Gasteiger partial charge on any atom is 0.207 e. The number of rotatable bonds is 0. The zero-order valence-electron chi connectivity index (χ0n) is 10.6. The normalized spacial score (nSPS) is 18.5. The molecule has 3 rings (SSSR count). The molecule has 0 saturated heterocycles. The third-order valence-electron chi connectivity index (χ3n) is 3.74. The highest BCUT2D eigenvalue weighted by Gasteiger charge is 2.41. The van der Waals surface area contributed by atoms with Gasteiger partial charge in [-0.15, -0.1) is 0 Å². The molecule has 98 valence electrons. The third kappa shape index (κ3) is 1.63. The molecule has 0 saturated carbocycles. The van der Waals surface area contributed by atoms with Crippen LogP contribution in [0.1, 0.15) is 25.0 Å². The van der Waals surface area contributed by atoms with Crippen molar-refractivity contribution in [3.8, 4) is 0 Å². The molecule has 0 fully saturated rings. The first kappa shape index (κ1) is 12.9. The van der Waals surface area contributed by atoms with Gasteiger partial charge in [0.25, 0.3) is 0 Å². The lowest BCUT2D eigenvalue weighted by molar-refractivity contribution is 0.554. The van der Waals surface area contributed by atoms with Crippen molar-refractivity contribution in [3.05, 3.63) is 58.1 Å². The van der Waals surface area contributed by atoms with Gasteiger partial charge in [-0.3, -0.25) is 0 Å². The molecule has 2 aromatic carbocycles. The van der Waals surface area contributed by atoms with E-state index in [1.165, 1.54) is 0 Å². The average molecular weight is 337 g/mol. The molecule has 0 aliphatic carbocycles. The van der Waals surface area contributed by atoms with E-state index in [-0.39, 0.29) is 5.41 Å². The Morgan fingerprint density at radius 3 is 2.32 bits per heavy atom. The summed E-state index contributed by atoms with van der Waals surface area (Å²) >= 11 is 3.50. The van der Waals surface area contributed by atoms with Crippen molar-refractivity contribution in [2.24, 2.45) is 0 Å². The van der Waals surface area contributed by atoms with Crippen LogP contribution < -0.4 is 0 Å². The molecule has 1 heterocycles. The fourth-order valence-corrected chi connectivity index (χ4v) is 5.80. The number of hydrogen-bond acceptors (Lipinski definition) is 2. The molecule has 1 aliphatic rings. The first-order chi connectivity index (χ1) is 8.87. The van der Waals surface area contributed by atoms with Gasteiger partial charge in [0, 0.05) is 9.89 Å². The summed E-state index contributed by atoms with van der Waals surface area (Å²) in [4.78, 5) is 0.830. The van der Waals surface area contributed by atoms with Gasteiger partial charge in [0.2, 0.25) is 9.84 Å². The minimum Gasteiger partial charge on any atom is -0.218 e. The van der Waals surface area contributed by atoms with Gasteiger partial charge in [0.1, 0.15) is 0 Å².